The minimum absolute atomic E-state index is 0.0594. The fourth-order valence-electron chi connectivity index (χ4n) is 2.03. The molecule has 0 aromatic heterocycles. The molecule has 1 aliphatic carbocycles. The third-order valence-electron chi connectivity index (χ3n) is 2.87. The molecular weight excluding hydrogens is 204 g/mol. The lowest BCUT2D eigenvalue weighted by atomic mass is 9.79. The lowest BCUT2D eigenvalue weighted by Crippen LogP contribution is -2.28. The van der Waals surface area contributed by atoms with E-state index in [9.17, 15) is 4.79 Å². The van der Waals surface area contributed by atoms with Crippen molar-refractivity contribution in [2.24, 2.45) is 5.92 Å². The maximum Gasteiger partial charge on any atom is 0.306 e. The van der Waals surface area contributed by atoms with Crippen molar-refractivity contribution < 1.29 is 14.6 Å². The third kappa shape index (κ3) is 5.50. The first kappa shape index (κ1) is 13.5. The van der Waals surface area contributed by atoms with Crippen molar-refractivity contribution in [1.82, 2.24) is 0 Å². The molecule has 0 bridgehead atoms. The molecule has 1 fully saturated rings. The van der Waals surface area contributed by atoms with Crippen LogP contribution in [0, 0.1) is 5.92 Å². The quantitative estimate of drug-likeness (QED) is 0.581. The van der Waals surface area contributed by atoms with E-state index in [0.29, 0.717) is 12.3 Å². The second-order valence-corrected chi connectivity index (χ2v) is 5.82. The fraction of sp³-hybridized carbons (Fsp3) is 0.923. The Morgan fingerprint density at radius 3 is 2.44 bits per heavy atom. The highest BCUT2D eigenvalue weighted by atomic mass is 16.6. The van der Waals surface area contributed by atoms with Crippen LogP contribution in [0.15, 0.2) is 0 Å². The number of unbranched alkanes of at least 4 members (excludes halogenated alkanes) is 1. The van der Waals surface area contributed by atoms with Crippen molar-refractivity contribution in [3.8, 4) is 0 Å². The minimum Gasteiger partial charge on any atom is -0.460 e. The summed E-state index contributed by atoms with van der Waals surface area (Å²) in [5, 5.41) is 9.12. The normalized spacial score (nSPS) is 25.0. The zero-order valence-corrected chi connectivity index (χ0v) is 10.7. The monoisotopic (exact) mass is 228 g/mol. The lowest BCUT2D eigenvalue weighted by molar-refractivity contribution is -0.154. The van der Waals surface area contributed by atoms with Crippen LogP contribution in [0.25, 0.3) is 0 Å². The van der Waals surface area contributed by atoms with E-state index in [1.165, 1.54) is 0 Å². The Bertz CT molecular complexity index is 224. The van der Waals surface area contributed by atoms with E-state index >= 15 is 0 Å². The molecular formula is C13H24O3. The number of carbonyl (C=O) groups excluding carboxylic acids is 1. The lowest BCUT2D eigenvalue weighted by Gasteiger charge is -2.31. The summed E-state index contributed by atoms with van der Waals surface area (Å²) in [6, 6.07) is 0. The molecule has 1 rings (SSSR count). The van der Waals surface area contributed by atoms with Crippen molar-refractivity contribution in [2.45, 2.75) is 71.0 Å². The summed E-state index contributed by atoms with van der Waals surface area (Å²) in [6.07, 6.45) is 5.47. The van der Waals surface area contributed by atoms with Gasteiger partial charge in [-0.25, -0.2) is 0 Å². The molecule has 1 saturated carbocycles. The van der Waals surface area contributed by atoms with E-state index in [1.54, 1.807) is 0 Å². The van der Waals surface area contributed by atoms with Gasteiger partial charge in [-0.1, -0.05) is 12.8 Å². The molecule has 0 atom stereocenters. The average molecular weight is 228 g/mol. The molecule has 0 aromatic carbocycles. The Kier molecular flexibility index (Phi) is 4.78. The summed E-state index contributed by atoms with van der Waals surface area (Å²) < 4.78 is 5.22. The van der Waals surface area contributed by atoms with Gasteiger partial charge in [-0.05, 0) is 46.0 Å². The summed E-state index contributed by atoms with van der Waals surface area (Å²) in [5.41, 5.74) is -0.366. The van der Waals surface area contributed by atoms with Gasteiger partial charge in [-0.3, -0.25) is 4.79 Å². The molecule has 0 saturated heterocycles. The summed E-state index contributed by atoms with van der Waals surface area (Å²) in [6.45, 7) is 5.67. The van der Waals surface area contributed by atoms with E-state index < -0.39 is 0 Å². The molecule has 0 heterocycles. The third-order valence-corrected chi connectivity index (χ3v) is 2.87. The van der Waals surface area contributed by atoms with Crippen LogP contribution < -0.4 is 0 Å². The topological polar surface area (TPSA) is 46.5 Å². The van der Waals surface area contributed by atoms with Gasteiger partial charge in [0.15, 0.2) is 0 Å². The van der Waals surface area contributed by atoms with Crippen molar-refractivity contribution in [1.29, 1.82) is 0 Å². The Morgan fingerprint density at radius 2 is 1.94 bits per heavy atom. The number of esters is 1. The van der Waals surface area contributed by atoms with Crippen molar-refractivity contribution in [3.05, 3.63) is 0 Å². The van der Waals surface area contributed by atoms with E-state index in [4.69, 9.17) is 9.84 Å². The van der Waals surface area contributed by atoms with Crippen LogP contribution in [0.4, 0.5) is 0 Å². The molecule has 0 spiro atoms. The first-order chi connectivity index (χ1) is 7.37. The van der Waals surface area contributed by atoms with Crippen LogP contribution in [-0.2, 0) is 9.53 Å². The predicted octanol–water partition coefficient (Wildman–Crippen LogP) is 2.66. The maximum atomic E-state index is 11.4. The average Bonchev–Trinajstić information content (AvgIpc) is 2.05. The van der Waals surface area contributed by atoms with Gasteiger partial charge >= 0.3 is 5.97 Å². The van der Waals surface area contributed by atoms with E-state index in [-0.39, 0.29) is 17.7 Å². The molecule has 94 valence electrons. The Labute approximate surface area is 98.2 Å². The summed E-state index contributed by atoms with van der Waals surface area (Å²) in [7, 11) is 0. The number of rotatable bonds is 5. The van der Waals surface area contributed by atoms with E-state index in [1.807, 2.05) is 20.8 Å². The number of ether oxygens (including phenoxy) is 1. The second kappa shape index (κ2) is 5.67. The number of hydrogen-bond donors (Lipinski definition) is 1. The number of aliphatic hydroxyl groups excluding tert-OH is 1. The SMILES string of the molecule is CC(C)(C)OC(=O)CCCCC1CC(O)C1. The van der Waals surface area contributed by atoms with E-state index in [0.717, 1.165) is 32.1 Å². The van der Waals surface area contributed by atoms with Gasteiger partial charge in [0.25, 0.3) is 0 Å². The molecule has 1 N–H and O–H groups in total. The van der Waals surface area contributed by atoms with Crippen LogP contribution >= 0.6 is 0 Å². The van der Waals surface area contributed by atoms with Crippen LogP contribution in [0.3, 0.4) is 0 Å². The van der Waals surface area contributed by atoms with Gasteiger partial charge in [0, 0.05) is 6.42 Å². The van der Waals surface area contributed by atoms with Gasteiger partial charge in [0.05, 0.1) is 6.10 Å². The molecule has 0 radical (unpaired) electrons. The molecule has 3 nitrogen and oxygen atoms in total. The highest BCUT2D eigenvalue weighted by molar-refractivity contribution is 5.69. The zero-order chi connectivity index (χ0) is 12.2. The fourth-order valence-corrected chi connectivity index (χ4v) is 2.03. The summed E-state index contributed by atoms with van der Waals surface area (Å²) >= 11 is 0. The smallest absolute Gasteiger partial charge is 0.306 e. The molecule has 0 unspecified atom stereocenters. The Balaban J connectivity index is 1.96. The highest BCUT2D eigenvalue weighted by Crippen LogP contribution is 2.31. The van der Waals surface area contributed by atoms with Crippen LogP contribution in [-0.4, -0.2) is 22.8 Å². The molecule has 0 amide bonds. The molecule has 1 aliphatic rings. The number of aliphatic hydroxyl groups is 1. The van der Waals surface area contributed by atoms with Gasteiger partial charge in [-0.15, -0.1) is 0 Å². The largest absolute Gasteiger partial charge is 0.460 e. The second-order valence-electron chi connectivity index (χ2n) is 5.82. The van der Waals surface area contributed by atoms with E-state index in [2.05, 4.69) is 0 Å². The van der Waals surface area contributed by atoms with Gasteiger partial charge in [0.2, 0.25) is 0 Å². The summed E-state index contributed by atoms with van der Waals surface area (Å²) in [4.78, 5) is 11.4. The first-order valence-corrected chi connectivity index (χ1v) is 6.27. The van der Waals surface area contributed by atoms with Gasteiger partial charge in [-0.2, -0.15) is 0 Å². The molecule has 3 heteroatoms. The van der Waals surface area contributed by atoms with Crippen LogP contribution in [0.1, 0.15) is 59.3 Å². The predicted molar refractivity (Wildman–Crippen MR) is 63.0 cm³/mol. The first-order valence-electron chi connectivity index (χ1n) is 6.27. The number of carbonyl (C=O) groups is 1. The van der Waals surface area contributed by atoms with Crippen molar-refractivity contribution in [2.75, 3.05) is 0 Å². The van der Waals surface area contributed by atoms with Crippen LogP contribution in [0.2, 0.25) is 0 Å². The minimum atomic E-state index is -0.366. The molecule has 0 aromatic rings. The van der Waals surface area contributed by atoms with Crippen molar-refractivity contribution in [3.63, 3.8) is 0 Å². The summed E-state index contributed by atoms with van der Waals surface area (Å²) in [5.74, 6) is 0.592. The van der Waals surface area contributed by atoms with Gasteiger partial charge in [0.1, 0.15) is 5.60 Å². The van der Waals surface area contributed by atoms with Crippen molar-refractivity contribution >= 4 is 5.97 Å². The van der Waals surface area contributed by atoms with Crippen LogP contribution in [0.5, 0.6) is 0 Å². The maximum absolute atomic E-state index is 11.4. The Hall–Kier alpha value is -0.570. The molecule has 0 aliphatic heterocycles. The Morgan fingerprint density at radius 1 is 1.31 bits per heavy atom. The zero-order valence-electron chi connectivity index (χ0n) is 10.7. The standard InChI is InChI=1S/C13H24O3/c1-13(2,3)16-12(15)7-5-4-6-10-8-11(14)9-10/h10-11,14H,4-9H2,1-3H3. The number of hydrogen-bond acceptors (Lipinski definition) is 3. The molecule has 16 heavy (non-hydrogen) atoms. The van der Waals surface area contributed by atoms with Gasteiger partial charge < -0.3 is 9.84 Å². The highest BCUT2D eigenvalue weighted by Gasteiger charge is 2.26.